The van der Waals surface area contributed by atoms with Gasteiger partial charge in [0.2, 0.25) is 5.75 Å². The third kappa shape index (κ3) is 9.77. The van der Waals surface area contributed by atoms with Crippen molar-refractivity contribution in [1.82, 2.24) is 0 Å². The molecule has 0 unspecified atom stereocenters. The van der Waals surface area contributed by atoms with Crippen LogP contribution in [0.3, 0.4) is 0 Å². The molecule has 1 rings (SSSR count). The molecule has 1 aromatic carbocycles. The summed E-state index contributed by atoms with van der Waals surface area (Å²) in [4.78, 5) is 24.4. The number of hydrogen-bond acceptors (Lipinski definition) is 5. The first-order valence-corrected chi connectivity index (χ1v) is 10.8. The van der Waals surface area contributed by atoms with Gasteiger partial charge in [-0.05, 0) is 31.4 Å². The summed E-state index contributed by atoms with van der Waals surface area (Å²) < 4.78 is 16.9. The highest BCUT2D eigenvalue weighted by molar-refractivity contribution is 5.77. The van der Waals surface area contributed by atoms with Gasteiger partial charge in [0.05, 0.1) is 6.61 Å². The van der Waals surface area contributed by atoms with Crippen molar-refractivity contribution in [3.63, 3.8) is 0 Å². The number of esters is 2. The SMILES string of the molecule is CCCCCOc1cccc(OC(=O)CCCCC)c1OC(=O)CCCCC. The van der Waals surface area contributed by atoms with Crippen molar-refractivity contribution >= 4 is 11.9 Å². The average Bonchev–Trinajstić information content (AvgIpc) is 2.67. The Morgan fingerprint density at radius 3 is 1.86 bits per heavy atom. The van der Waals surface area contributed by atoms with E-state index in [-0.39, 0.29) is 23.4 Å². The quantitative estimate of drug-likeness (QED) is 0.201. The van der Waals surface area contributed by atoms with Crippen molar-refractivity contribution in [3.8, 4) is 17.2 Å². The summed E-state index contributed by atoms with van der Waals surface area (Å²) in [5, 5.41) is 0. The topological polar surface area (TPSA) is 61.8 Å². The molecule has 0 spiro atoms. The van der Waals surface area contributed by atoms with E-state index in [4.69, 9.17) is 14.2 Å². The normalized spacial score (nSPS) is 10.5. The maximum atomic E-state index is 12.2. The van der Waals surface area contributed by atoms with Gasteiger partial charge in [-0.1, -0.05) is 65.4 Å². The average molecular weight is 393 g/mol. The Balaban J connectivity index is 2.86. The maximum Gasteiger partial charge on any atom is 0.311 e. The first-order valence-electron chi connectivity index (χ1n) is 10.8. The largest absolute Gasteiger partial charge is 0.490 e. The summed E-state index contributed by atoms with van der Waals surface area (Å²) in [6, 6.07) is 5.14. The highest BCUT2D eigenvalue weighted by atomic mass is 16.6. The number of ether oxygens (including phenoxy) is 3. The Morgan fingerprint density at radius 1 is 0.714 bits per heavy atom. The number of unbranched alkanes of at least 4 members (excludes halogenated alkanes) is 6. The minimum absolute atomic E-state index is 0.212. The van der Waals surface area contributed by atoms with E-state index >= 15 is 0 Å². The summed E-state index contributed by atoms with van der Waals surface area (Å²) in [5.74, 6) is 0.252. The summed E-state index contributed by atoms with van der Waals surface area (Å²) in [6.07, 6.45) is 9.35. The van der Waals surface area contributed by atoms with Crippen LogP contribution in [-0.4, -0.2) is 18.5 Å². The third-order valence-corrected chi connectivity index (χ3v) is 4.36. The molecule has 28 heavy (non-hydrogen) atoms. The Hall–Kier alpha value is -2.04. The molecule has 1 aromatic rings. The molecule has 0 saturated heterocycles. The van der Waals surface area contributed by atoms with Crippen molar-refractivity contribution in [3.05, 3.63) is 18.2 Å². The Labute approximate surface area is 169 Å². The minimum atomic E-state index is -0.332. The third-order valence-electron chi connectivity index (χ3n) is 4.36. The molecule has 0 saturated carbocycles. The number of para-hydroxylation sites is 1. The molecule has 0 aromatic heterocycles. The molecule has 158 valence electrons. The maximum absolute atomic E-state index is 12.2. The van der Waals surface area contributed by atoms with Crippen molar-refractivity contribution in [2.75, 3.05) is 6.61 Å². The van der Waals surface area contributed by atoms with Crippen LogP contribution in [0.2, 0.25) is 0 Å². The van der Waals surface area contributed by atoms with Crippen LogP contribution >= 0.6 is 0 Å². The van der Waals surface area contributed by atoms with Crippen LogP contribution in [0.25, 0.3) is 0 Å². The molecule has 0 N–H and O–H groups in total. The highest BCUT2D eigenvalue weighted by Gasteiger charge is 2.19. The molecule has 5 heteroatoms. The number of carbonyl (C=O) groups is 2. The smallest absolute Gasteiger partial charge is 0.311 e. The number of benzene rings is 1. The van der Waals surface area contributed by atoms with Crippen molar-refractivity contribution < 1.29 is 23.8 Å². The fraction of sp³-hybridized carbons (Fsp3) is 0.652. The van der Waals surface area contributed by atoms with E-state index in [0.29, 0.717) is 25.2 Å². The van der Waals surface area contributed by atoms with Gasteiger partial charge in [-0.25, -0.2) is 0 Å². The molecule has 0 bridgehead atoms. The van der Waals surface area contributed by atoms with Gasteiger partial charge in [0.15, 0.2) is 11.5 Å². The number of carbonyl (C=O) groups excluding carboxylic acids is 2. The summed E-state index contributed by atoms with van der Waals surface area (Å²) in [5.41, 5.74) is 0. The van der Waals surface area contributed by atoms with Crippen molar-refractivity contribution in [2.45, 2.75) is 91.4 Å². The van der Waals surface area contributed by atoms with Crippen molar-refractivity contribution in [1.29, 1.82) is 0 Å². The van der Waals surface area contributed by atoms with Gasteiger partial charge in [0.1, 0.15) is 0 Å². The van der Waals surface area contributed by atoms with Crippen molar-refractivity contribution in [2.24, 2.45) is 0 Å². The van der Waals surface area contributed by atoms with Gasteiger partial charge in [0, 0.05) is 12.8 Å². The van der Waals surface area contributed by atoms with E-state index in [1.165, 1.54) is 0 Å². The molecule has 0 aliphatic heterocycles. The van der Waals surface area contributed by atoms with Gasteiger partial charge >= 0.3 is 11.9 Å². The van der Waals surface area contributed by atoms with E-state index in [2.05, 4.69) is 20.8 Å². The zero-order chi connectivity index (χ0) is 20.6. The summed E-state index contributed by atoms with van der Waals surface area (Å²) in [7, 11) is 0. The lowest BCUT2D eigenvalue weighted by atomic mass is 10.2. The fourth-order valence-corrected chi connectivity index (χ4v) is 2.70. The predicted octanol–water partition coefficient (Wildman–Crippen LogP) is 6.23. The van der Waals surface area contributed by atoms with Crippen LogP contribution < -0.4 is 14.2 Å². The van der Waals surface area contributed by atoms with Crippen LogP contribution in [0, 0.1) is 0 Å². The summed E-state index contributed by atoms with van der Waals surface area (Å²) in [6.45, 7) is 6.83. The minimum Gasteiger partial charge on any atom is -0.490 e. The molecule has 0 aliphatic carbocycles. The Morgan fingerprint density at radius 2 is 1.25 bits per heavy atom. The molecule has 0 radical (unpaired) electrons. The number of rotatable bonds is 15. The zero-order valence-corrected chi connectivity index (χ0v) is 17.8. The molecule has 0 fully saturated rings. The lowest BCUT2D eigenvalue weighted by Gasteiger charge is -2.15. The second-order valence-electron chi connectivity index (χ2n) is 7.00. The second-order valence-corrected chi connectivity index (χ2v) is 7.00. The molecular formula is C23H36O5. The van der Waals surface area contributed by atoms with Crippen LogP contribution in [0.5, 0.6) is 17.2 Å². The zero-order valence-electron chi connectivity index (χ0n) is 17.8. The van der Waals surface area contributed by atoms with E-state index in [1.807, 2.05) is 0 Å². The molecule has 5 nitrogen and oxygen atoms in total. The van der Waals surface area contributed by atoms with Gasteiger partial charge < -0.3 is 14.2 Å². The van der Waals surface area contributed by atoms with Crippen LogP contribution in [-0.2, 0) is 9.59 Å². The first-order chi connectivity index (χ1) is 13.6. The molecule has 0 atom stereocenters. The Bertz CT molecular complexity index is 582. The Kier molecular flexibility index (Phi) is 12.8. The molecule has 0 amide bonds. The monoisotopic (exact) mass is 392 g/mol. The lowest BCUT2D eigenvalue weighted by Crippen LogP contribution is -2.13. The van der Waals surface area contributed by atoms with Gasteiger partial charge in [0.25, 0.3) is 0 Å². The summed E-state index contributed by atoms with van der Waals surface area (Å²) >= 11 is 0. The van der Waals surface area contributed by atoms with Crippen LogP contribution in [0.4, 0.5) is 0 Å². The second kappa shape index (κ2) is 14.9. The van der Waals surface area contributed by atoms with E-state index < -0.39 is 0 Å². The van der Waals surface area contributed by atoms with E-state index in [1.54, 1.807) is 18.2 Å². The van der Waals surface area contributed by atoms with Gasteiger partial charge in [-0.15, -0.1) is 0 Å². The fourth-order valence-electron chi connectivity index (χ4n) is 2.70. The highest BCUT2D eigenvalue weighted by Crippen LogP contribution is 2.38. The van der Waals surface area contributed by atoms with Crippen LogP contribution in [0.15, 0.2) is 18.2 Å². The van der Waals surface area contributed by atoms with E-state index in [0.717, 1.165) is 57.8 Å². The van der Waals surface area contributed by atoms with E-state index in [9.17, 15) is 9.59 Å². The van der Waals surface area contributed by atoms with Crippen LogP contribution in [0.1, 0.15) is 91.4 Å². The standard InChI is InChI=1S/C23H36O5/c1-4-7-10-16-21(24)27-20-15-13-14-19(26-18-12-9-6-3)23(20)28-22(25)17-11-8-5-2/h13-15H,4-12,16-18H2,1-3H3. The predicted molar refractivity (Wildman–Crippen MR) is 111 cm³/mol. The first kappa shape index (κ1) is 24.0. The molecule has 0 heterocycles. The van der Waals surface area contributed by atoms with Gasteiger partial charge in [-0.3, -0.25) is 9.59 Å². The molecule has 0 aliphatic rings. The molecular weight excluding hydrogens is 356 g/mol. The number of hydrogen-bond donors (Lipinski definition) is 0. The lowest BCUT2D eigenvalue weighted by molar-refractivity contribution is -0.137. The van der Waals surface area contributed by atoms with Gasteiger partial charge in [-0.2, -0.15) is 0 Å².